The number of hydrogen-bond donors (Lipinski definition) is 1. The van der Waals surface area contributed by atoms with Crippen molar-refractivity contribution in [2.45, 2.75) is 25.3 Å². The van der Waals surface area contributed by atoms with E-state index in [1.54, 1.807) is 0 Å². The summed E-state index contributed by atoms with van der Waals surface area (Å²) in [6.45, 7) is 1.37. The molecule has 1 aliphatic heterocycles. The first-order valence-electron chi connectivity index (χ1n) is 5.95. The van der Waals surface area contributed by atoms with E-state index in [0.717, 1.165) is 24.9 Å². The highest BCUT2D eigenvalue weighted by Gasteiger charge is 2.27. The van der Waals surface area contributed by atoms with Gasteiger partial charge in [0.1, 0.15) is 0 Å². The van der Waals surface area contributed by atoms with Gasteiger partial charge in [0.15, 0.2) is 0 Å². The van der Waals surface area contributed by atoms with Gasteiger partial charge in [0.25, 0.3) is 0 Å². The minimum atomic E-state index is 0. The number of nitrogens with zero attached hydrogens (tertiary/aromatic N) is 1. The molecule has 1 atom stereocenters. The van der Waals surface area contributed by atoms with Crippen molar-refractivity contribution in [2.75, 3.05) is 13.1 Å². The molecule has 0 bridgehead atoms. The van der Waals surface area contributed by atoms with Crippen LogP contribution >= 0.6 is 24.0 Å². The van der Waals surface area contributed by atoms with Gasteiger partial charge in [-0.1, -0.05) is 29.8 Å². The fraction of sp³-hybridized carbons (Fsp3) is 0.462. The van der Waals surface area contributed by atoms with E-state index in [1.165, 1.54) is 0 Å². The van der Waals surface area contributed by atoms with Crippen LogP contribution in [0.4, 0.5) is 0 Å². The van der Waals surface area contributed by atoms with Crippen LogP contribution in [0.3, 0.4) is 0 Å². The molecule has 1 aromatic carbocycles. The Balaban J connectivity index is 0.00000162. The molecule has 1 aromatic rings. The summed E-state index contributed by atoms with van der Waals surface area (Å²) in [6, 6.07) is 7.70. The molecule has 3 nitrogen and oxygen atoms in total. The van der Waals surface area contributed by atoms with E-state index in [0.29, 0.717) is 18.0 Å². The monoisotopic (exact) mass is 288 g/mol. The van der Waals surface area contributed by atoms with E-state index in [2.05, 4.69) is 0 Å². The number of carbonyl (C=O) groups is 1. The summed E-state index contributed by atoms with van der Waals surface area (Å²) < 4.78 is 0. The van der Waals surface area contributed by atoms with E-state index in [-0.39, 0.29) is 24.4 Å². The van der Waals surface area contributed by atoms with Crippen molar-refractivity contribution < 1.29 is 4.79 Å². The Morgan fingerprint density at radius 2 is 2.17 bits per heavy atom. The Labute approximate surface area is 119 Å². The van der Waals surface area contributed by atoms with Crippen LogP contribution < -0.4 is 5.73 Å². The second-order valence-electron chi connectivity index (χ2n) is 4.39. The highest BCUT2D eigenvalue weighted by Crippen LogP contribution is 2.20. The Morgan fingerprint density at radius 1 is 1.44 bits per heavy atom. The van der Waals surface area contributed by atoms with Crippen LogP contribution in [0.1, 0.15) is 18.4 Å². The molecule has 1 aliphatic rings. The van der Waals surface area contributed by atoms with Crippen molar-refractivity contribution in [2.24, 2.45) is 5.73 Å². The number of rotatable bonds is 3. The third-order valence-corrected chi connectivity index (χ3v) is 3.64. The topological polar surface area (TPSA) is 46.3 Å². The molecule has 0 radical (unpaired) electrons. The van der Waals surface area contributed by atoms with Gasteiger partial charge in [0.05, 0.1) is 6.42 Å². The summed E-state index contributed by atoms with van der Waals surface area (Å²) in [5, 5.41) is 0.657. The Bertz CT molecular complexity index is 412. The molecule has 1 unspecified atom stereocenters. The van der Waals surface area contributed by atoms with Gasteiger partial charge in [-0.3, -0.25) is 4.79 Å². The molecule has 1 heterocycles. The second-order valence-corrected chi connectivity index (χ2v) is 4.79. The zero-order valence-electron chi connectivity index (χ0n) is 10.1. The number of hydrogen-bond acceptors (Lipinski definition) is 2. The second kappa shape index (κ2) is 6.98. The molecule has 1 saturated heterocycles. The highest BCUT2D eigenvalue weighted by atomic mass is 35.5. The third kappa shape index (κ3) is 3.37. The number of likely N-dealkylation sites (tertiary alicyclic amines) is 1. The largest absolute Gasteiger partial charge is 0.338 e. The van der Waals surface area contributed by atoms with E-state index < -0.39 is 0 Å². The van der Waals surface area contributed by atoms with E-state index >= 15 is 0 Å². The summed E-state index contributed by atoms with van der Waals surface area (Å²) in [4.78, 5) is 14.0. The Morgan fingerprint density at radius 3 is 2.83 bits per heavy atom. The number of amides is 1. The molecule has 18 heavy (non-hydrogen) atoms. The van der Waals surface area contributed by atoms with Crippen molar-refractivity contribution in [1.82, 2.24) is 4.90 Å². The summed E-state index contributed by atoms with van der Waals surface area (Å²) in [5.74, 6) is 0.131. The van der Waals surface area contributed by atoms with Gasteiger partial charge in [-0.15, -0.1) is 12.4 Å². The first kappa shape index (κ1) is 15.3. The average Bonchev–Trinajstić information content (AvgIpc) is 2.80. The summed E-state index contributed by atoms with van der Waals surface area (Å²) in [7, 11) is 0. The number of carbonyl (C=O) groups excluding carboxylic acids is 1. The average molecular weight is 289 g/mol. The van der Waals surface area contributed by atoms with Gasteiger partial charge in [0, 0.05) is 24.2 Å². The zero-order valence-corrected chi connectivity index (χ0v) is 11.7. The van der Waals surface area contributed by atoms with Gasteiger partial charge in [-0.2, -0.15) is 0 Å². The van der Waals surface area contributed by atoms with E-state index in [9.17, 15) is 4.79 Å². The van der Waals surface area contributed by atoms with Gasteiger partial charge in [-0.05, 0) is 24.5 Å². The van der Waals surface area contributed by atoms with Crippen LogP contribution in [-0.4, -0.2) is 29.9 Å². The van der Waals surface area contributed by atoms with Gasteiger partial charge in [-0.25, -0.2) is 0 Å². The summed E-state index contributed by atoms with van der Waals surface area (Å²) in [6.07, 6.45) is 2.44. The fourth-order valence-electron chi connectivity index (χ4n) is 2.32. The molecular weight excluding hydrogens is 271 g/mol. The number of nitrogens with two attached hydrogens (primary N) is 1. The highest BCUT2D eigenvalue weighted by molar-refractivity contribution is 6.31. The molecule has 2 rings (SSSR count). The lowest BCUT2D eigenvalue weighted by molar-refractivity contribution is -0.131. The first-order chi connectivity index (χ1) is 8.22. The van der Waals surface area contributed by atoms with Crippen LogP contribution in [0.2, 0.25) is 5.02 Å². The molecule has 0 aromatic heterocycles. The molecular formula is C13H18Cl2N2O. The third-order valence-electron chi connectivity index (χ3n) is 3.27. The molecule has 2 N–H and O–H groups in total. The van der Waals surface area contributed by atoms with Gasteiger partial charge < -0.3 is 10.6 Å². The van der Waals surface area contributed by atoms with Crippen LogP contribution in [-0.2, 0) is 11.2 Å². The zero-order chi connectivity index (χ0) is 12.3. The normalized spacial score (nSPS) is 18.6. The van der Waals surface area contributed by atoms with Crippen LogP contribution in [0.5, 0.6) is 0 Å². The van der Waals surface area contributed by atoms with Crippen molar-refractivity contribution in [3.05, 3.63) is 34.9 Å². The lowest BCUT2D eigenvalue weighted by Crippen LogP contribution is -2.40. The number of halogens is 2. The van der Waals surface area contributed by atoms with Crippen molar-refractivity contribution in [3.8, 4) is 0 Å². The lowest BCUT2D eigenvalue weighted by atomic mass is 10.1. The Hall–Kier alpha value is -0.770. The minimum Gasteiger partial charge on any atom is -0.338 e. The van der Waals surface area contributed by atoms with Gasteiger partial charge in [0.2, 0.25) is 5.91 Å². The molecule has 1 fully saturated rings. The fourth-order valence-corrected chi connectivity index (χ4v) is 2.52. The smallest absolute Gasteiger partial charge is 0.227 e. The van der Waals surface area contributed by atoms with Crippen LogP contribution in [0, 0.1) is 0 Å². The SMILES string of the molecule is Cl.NCC1CCCN1C(=O)Cc1ccccc1Cl. The van der Waals surface area contributed by atoms with Gasteiger partial charge >= 0.3 is 0 Å². The summed E-state index contributed by atoms with van der Waals surface area (Å²) >= 11 is 6.05. The lowest BCUT2D eigenvalue weighted by Gasteiger charge is -2.23. The molecule has 100 valence electrons. The van der Waals surface area contributed by atoms with Crippen LogP contribution in [0.15, 0.2) is 24.3 Å². The first-order valence-corrected chi connectivity index (χ1v) is 6.33. The van der Waals surface area contributed by atoms with Crippen LogP contribution in [0.25, 0.3) is 0 Å². The standard InChI is InChI=1S/C13H17ClN2O.ClH/c14-12-6-2-1-4-10(12)8-13(17)16-7-3-5-11(16)9-15;/h1-2,4,6,11H,3,5,7-9,15H2;1H. The predicted octanol–water partition coefficient (Wildman–Crippen LogP) is 2.25. The molecule has 0 spiro atoms. The maximum atomic E-state index is 12.1. The molecule has 0 saturated carbocycles. The maximum Gasteiger partial charge on any atom is 0.227 e. The van der Waals surface area contributed by atoms with E-state index in [4.69, 9.17) is 17.3 Å². The quantitative estimate of drug-likeness (QED) is 0.927. The minimum absolute atomic E-state index is 0. The predicted molar refractivity (Wildman–Crippen MR) is 76.2 cm³/mol. The molecule has 1 amide bonds. The Kier molecular flexibility index (Phi) is 5.93. The van der Waals surface area contributed by atoms with E-state index in [1.807, 2.05) is 29.2 Å². The molecule has 5 heteroatoms. The maximum absolute atomic E-state index is 12.1. The number of benzene rings is 1. The van der Waals surface area contributed by atoms with Crippen molar-refractivity contribution >= 4 is 29.9 Å². The molecule has 0 aliphatic carbocycles. The van der Waals surface area contributed by atoms with Crippen molar-refractivity contribution in [3.63, 3.8) is 0 Å². The van der Waals surface area contributed by atoms with Crippen molar-refractivity contribution in [1.29, 1.82) is 0 Å². The summed E-state index contributed by atoms with van der Waals surface area (Å²) in [5.41, 5.74) is 6.56.